The normalized spacial score (nSPS) is 12.3. The topological polar surface area (TPSA) is 9.86 Å². The molecule has 0 aliphatic carbocycles. The first kappa shape index (κ1) is 27.9. The molecule has 0 saturated heterocycles. The molecule has 0 aliphatic heterocycles. The van der Waals surface area contributed by atoms with Gasteiger partial charge in [0.2, 0.25) is 0 Å². The van der Waals surface area contributed by atoms with Crippen LogP contribution in [0.25, 0.3) is 73.5 Å². The quantitative estimate of drug-likeness (QED) is 0.129. The number of rotatable bonds is 11. The van der Waals surface area contributed by atoms with Gasteiger partial charge in [0, 0.05) is 55.1 Å². The van der Waals surface area contributed by atoms with Crippen molar-refractivity contribution in [2.45, 2.75) is 78.3 Å². The lowest BCUT2D eigenvalue weighted by Crippen LogP contribution is -1.97. The van der Waals surface area contributed by atoms with Crippen LogP contribution in [0.5, 0.6) is 0 Å². The number of nitrogens with zero attached hydrogens (tertiary/aromatic N) is 2. The molecule has 8 aromatic rings. The van der Waals surface area contributed by atoms with Crippen LogP contribution in [-0.2, 0) is 13.1 Å². The zero-order valence-corrected chi connectivity index (χ0v) is 27.5. The summed E-state index contributed by atoms with van der Waals surface area (Å²) < 4.78 is 10.9. The SMILES string of the molecule is CCCCCCn1c2ccccc2c2sc3cc(-c4ccc5c(c4)sc4c6ccccc6n(CCCCCC)c54)ccc3c21. The molecule has 44 heavy (non-hydrogen) atoms. The van der Waals surface area contributed by atoms with Crippen molar-refractivity contribution in [2.24, 2.45) is 0 Å². The van der Waals surface area contributed by atoms with Gasteiger partial charge in [-0.15, -0.1) is 22.7 Å². The Morgan fingerprint density at radius 2 is 0.932 bits per heavy atom. The average Bonchev–Trinajstić information content (AvgIpc) is 3.78. The molecular weight excluding hydrogens is 573 g/mol. The first-order valence-corrected chi connectivity index (χ1v) is 18.3. The van der Waals surface area contributed by atoms with Gasteiger partial charge < -0.3 is 9.13 Å². The van der Waals surface area contributed by atoms with Gasteiger partial charge in [-0.2, -0.15) is 0 Å². The maximum Gasteiger partial charge on any atom is 0.0681 e. The van der Waals surface area contributed by atoms with E-state index in [2.05, 4.69) is 108 Å². The van der Waals surface area contributed by atoms with Crippen LogP contribution in [0.2, 0.25) is 0 Å². The fourth-order valence-electron chi connectivity index (χ4n) is 7.33. The summed E-state index contributed by atoms with van der Waals surface area (Å²) in [4.78, 5) is 0. The van der Waals surface area contributed by atoms with Gasteiger partial charge in [0.1, 0.15) is 0 Å². The van der Waals surface area contributed by atoms with Crippen molar-refractivity contribution in [3.63, 3.8) is 0 Å². The highest BCUT2D eigenvalue weighted by Crippen LogP contribution is 2.44. The summed E-state index contributed by atoms with van der Waals surface area (Å²) in [5.74, 6) is 0. The minimum absolute atomic E-state index is 1.09. The van der Waals surface area contributed by atoms with Crippen LogP contribution < -0.4 is 0 Å². The Labute approximate surface area is 267 Å². The molecular formula is C40H40N2S2. The maximum atomic E-state index is 2.60. The number of aryl methyl sites for hydroxylation is 2. The zero-order valence-electron chi connectivity index (χ0n) is 25.9. The molecule has 222 valence electrons. The number of hydrogen-bond acceptors (Lipinski definition) is 2. The van der Waals surface area contributed by atoms with Gasteiger partial charge in [0.15, 0.2) is 0 Å². The molecule has 0 fully saturated rings. The third-order valence-corrected chi connectivity index (χ3v) is 11.9. The van der Waals surface area contributed by atoms with Gasteiger partial charge in [0.05, 0.1) is 20.4 Å². The Balaban J connectivity index is 1.21. The number of benzene rings is 4. The lowest BCUT2D eigenvalue weighted by atomic mass is 10.0. The predicted octanol–water partition coefficient (Wildman–Crippen LogP) is 13.2. The summed E-state index contributed by atoms with van der Waals surface area (Å²) in [5, 5.41) is 5.59. The monoisotopic (exact) mass is 612 g/mol. The summed E-state index contributed by atoms with van der Waals surface area (Å²) in [6.07, 6.45) is 10.3. The molecule has 0 bridgehead atoms. The van der Waals surface area contributed by atoms with Crippen LogP contribution in [0, 0.1) is 0 Å². The Morgan fingerprint density at radius 1 is 0.477 bits per heavy atom. The van der Waals surface area contributed by atoms with E-state index >= 15 is 0 Å². The van der Waals surface area contributed by atoms with Crippen molar-refractivity contribution < 1.29 is 0 Å². The molecule has 0 unspecified atom stereocenters. The molecule has 4 aromatic heterocycles. The third-order valence-electron chi connectivity index (χ3n) is 9.55. The molecule has 0 radical (unpaired) electrons. The number of para-hydroxylation sites is 2. The molecule has 0 aliphatic rings. The minimum Gasteiger partial charge on any atom is -0.339 e. The number of thiophene rings is 2. The second-order valence-electron chi connectivity index (χ2n) is 12.4. The summed E-state index contributed by atoms with van der Waals surface area (Å²) >= 11 is 3.93. The highest BCUT2D eigenvalue weighted by atomic mass is 32.1. The van der Waals surface area contributed by atoms with E-state index in [1.807, 2.05) is 22.7 Å². The van der Waals surface area contributed by atoms with Crippen molar-refractivity contribution in [3.05, 3.63) is 84.9 Å². The summed E-state index contributed by atoms with van der Waals surface area (Å²) in [6, 6.07) is 32.4. The molecule has 4 heterocycles. The summed E-state index contributed by atoms with van der Waals surface area (Å²) in [5.41, 5.74) is 8.25. The highest BCUT2D eigenvalue weighted by molar-refractivity contribution is 7.27. The standard InChI is InChI=1S/C40H40N2S2/c1-3-5-7-13-23-41-33-17-11-9-15-29(33)39-37(41)31-21-19-27(25-35(31)43-39)28-20-22-32-36(26-28)44-40-30-16-10-12-18-34(30)42(38(32)40)24-14-8-6-4-2/h9-12,15-22,25-26H,3-8,13-14,23-24H2,1-2H3. The van der Waals surface area contributed by atoms with Crippen molar-refractivity contribution in [1.29, 1.82) is 0 Å². The Morgan fingerprint density at radius 3 is 1.39 bits per heavy atom. The molecule has 0 amide bonds. The van der Waals surface area contributed by atoms with Gasteiger partial charge in [-0.25, -0.2) is 0 Å². The van der Waals surface area contributed by atoms with Gasteiger partial charge in [-0.1, -0.05) is 113 Å². The van der Waals surface area contributed by atoms with Gasteiger partial charge in [0.25, 0.3) is 0 Å². The Hall–Kier alpha value is -3.60. The molecule has 0 N–H and O–H groups in total. The van der Waals surface area contributed by atoms with E-state index in [0.717, 1.165) is 13.1 Å². The number of hydrogen-bond donors (Lipinski definition) is 0. The van der Waals surface area contributed by atoms with Crippen LogP contribution in [0.3, 0.4) is 0 Å². The maximum absolute atomic E-state index is 2.60. The molecule has 0 atom stereocenters. The van der Waals surface area contributed by atoms with Crippen molar-refractivity contribution in [1.82, 2.24) is 9.13 Å². The molecule has 8 rings (SSSR count). The third kappa shape index (κ3) is 4.57. The largest absolute Gasteiger partial charge is 0.339 e. The summed E-state index contributed by atoms with van der Waals surface area (Å²) in [7, 11) is 0. The van der Waals surface area contributed by atoms with Gasteiger partial charge in [-0.05, 0) is 48.2 Å². The zero-order chi connectivity index (χ0) is 29.6. The predicted molar refractivity (Wildman–Crippen MR) is 197 cm³/mol. The van der Waals surface area contributed by atoms with E-state index in [9.17, 15) is 0 Å². The van der Waals surface area contributed by atoms with Crippen molar-refractivity contribution in [3.8, 4) is 11.1 Å². The van der Waals surface area contributed by atoms with Gasteiger partial charge in [-0.3, -0.25) is 0 Å². The highest BCUT2D eigenvalue weighted by Gasteiger charge is 2.19. The number of fused-ring (bicyclic) bond motifs is 10. The van der Waals surface area contributed by atoms with Crippen LogP contribution in [0.4, 0.5) is 0 Å². The lowest BCUT2D eigenvalue weighted by molar-refractivity contribution is 0.603. The second kappa shape index (κ2) is 11.7. The van der Waals surface area contributed by atoms with Crippen molar-refractivity contribution in [2.75, 3.05) is 0 Å². The van der Waals surface area contributed by atoms with E-state index in [1.165, 1.54) is 125 Å². The smallest absolute Gasteiger partial charge is 0.0681 e. The molecule has 4 heteroatoms. The molecule has 0 saturated carbocycles. The molecule has 2 nitrogen and oxygen atoms in total. The lowest BCUT2D eigenvalue weighted by Gasteiger charge is -2.09. The number of aromatic nitrogens is 2. The summed E-state index contributed by atoms with van der Waals surface area (Å²) in [6.45, 7) is 6.77. The van der Waals surface area contributed by atoms with Crippen LogP contribution in [0.15, 0.2) is 84.9 Å². The van der Waals surface area contributed by atoms with Gasteiger partial charge >= 0.3 is 0 Å². The fraction of sp³-hybridized carbons (Fsp3) is 0.300. The molecule has 0 spiro atoms. The Kier molecular flexibility index (Phi) is 7.44. The van der Waals surface area contributed by atoms with Crippen LogP contribution >= 0.6 is 22.7 Å². The number of unbranched alkanes of at least 4 members (excludes halogenated alkanes) is 6. The Bertz CT molecular complexity index is 2110. The average molecular weight is 613 g/mol. The minimum atomic E-state index is 1.09. The van der Waals surface area contributed by atoms with Crippen molar-refractivity contribution >= 4 is 85.1 Å². The fourth-order valence-corrected chi connectivity index (χ4v) is 9.89. The molecule has 4 aromatic carbocycles. The van der Waals surface area contributed by atoms with Crippen LogP contribution in [0.1, 0.15) is 65.2 Å². The first-order valence-electron chi connectivity index (χ1n) is 16.6. The second-order valence-corrected chi connectivity index (χ2v) is 14.5. The van der Waals surface area contributed by atoms with E-state index < -0.39 is 0 Å². The van der Waals surface area contributed by atoms with E-state index in [4.69, 9.17) is 0 Å². The van der Waals surface area contributed by atoms with E-state index in [0.29, 0.717) is 0 Å². The van der Waals surface area contributed by atoms with E-state index in [-0.39, 0.29) is 0 Å². The van der Waals surface area contributed by atoms with Crippen LogP contribution in [-0.4, -0.2) is 9.13 Å². The first-order chi connectivity index (χ1) is 21.8. The van der Waals surface area contributed by atoms with E-state index in [1.54, 1.807) is 0 Å².